The molecule has 0 saturated heterocycles. The summed E-state index contributed by atoms with van der Waals surface area (Å²) < 4.78 is 0. The van der Waals surface area contributed by atoms with E-state index in [-0.39, 0.29) is 12.4 Å². The molecule has 0 aromatic heterocycles. The van der Waals surface area contributed by atoms with Gasteiger partial charge in [-0.15, -0.1) is 12.4 Å². The third-order valence-electron chi connectivity index (χ3n) is 1.78. The molecular formula is C9H13Cl2N. The summed E-state index contributed by atoms with van der Waals surface area (Å²) in [6.07, 6.45) is 0. The van der Waals surface area contributed by atoms with Gasteiger partial charge in [0, 0.05) is 11.1 Å². The monoisotopic (exact) mass is 205 g/mol. The van der Waals surface area contributed by atoms with Gasteiger partial charge in [-0.05, 0) is 31.7 Å². The zero-order chi connectivity index (χ0) is 8.27. The van der Waals surface area contributed by atoms with Gasteiger partial charge in [0.2, 0.25) is 0 Å². The summed E-state index contributed by atoms with van der Waals surface area (Å²) >= 11 is 5.82. The molecule has 1 aromatic rings. The first-order valence-electron chi connectivity index (χ1n) is 3.67. The van der Waals surface area contributed by atoms with Gasteiger partial charge in [-0.3, -0.25) is 0 Å². The predicted octanol–water partition coefficient (Wildman–Crippen LogP) is 3.04. The van der Waals surface area contributed by atoms with E-state index in [4.69, 9.17) is 11.6 Å². The Morgan fingerprint density at radius 3 is 2.58 bits per heavy atom. The molecule has 68 valence electrons. The van der Waals surface area contributed by atoms with E-state index in [0.717, 1.165) is 5.02 Å². The average Bonchev–Trinajstić information content (AvgIpc) is 2.03. The summed E-state index contributed by atoms with van der Waals surface area (Å²) in [6.45, 7) is 2.10. The largest absolute Gasteiger partial charge is 0.313 e. The number of benzene rings is 1. The minimum absolute atomic E-state index is 0. The van der Waals surface area contributed by atoms with Gasteiger partial charge >= 0.3 is 0 Å². The Bertz CT molecular complexity index is 238. The lowest BCUT2D eigenvalue weighted by molar-refractivity contribution is 0.652. The van der Waals surface area contributed by atoms with E-state index in [0.29, 0.717) is 6.04 Å². The van der Waals surface area contributed by atoms with E-state index >= 15 is 0 Å². The van der Waals surface area contributed by atoms with Crippen LogP contribution in [0.25, 0.3) is 0 Å². The predicted molar refractivity (Wildman–Crippen MR) is 56.2 cm³/mol. The van der Waals surface area contributed by atoms with Crippen LogP contribution in [0.1, 0.15) is 18.5 Å². The molecule has 0 aliphatic rings. The molecule has 0 aliphatic carbocycles. The Morgan fingerprint density at radius 2 is 2.08 bits per heavy atom. The molecule has 12 heavy (non-hydrogen) atoms. The van der Waals surface area contributed by atoms with E-state index in [1.165, 1.54) is 5.56 Å². The maximum absolute atomic E-state index is 5.82. The summed E-state index contributed by atoms with van der Waals surface area (Å²) in [5.74, 6) is 0. The highest BCUT2D eigenvalue weighted by atomic mass is 35.5. The molecular weight excluding hydrogens is 193 g/mol. The molecule has 0 aliphatic heterocycles. The van der Waals surface area contributed by atoms with Gasteiger partial charge < -0.3 is 5.32 Å². The van der Waals surface area contributed by atoms with Crippen LogP contribution in [-0.4, -0.2) is 7.05 Å². The molecule has 0 fully saturated rings. The summed E-state index contributed by atoms with van der Waals surface area (Å²) in [5.41, 5.74) is 1.22. The second-order valence-electron chi connectivity index (χ2n) is 2.57. The summed E-state index contributed by atoms with van der Waals surface area (Å²) in [7, 11) is 1.94. The molecule has 1 N–H and O–H groups in total. The summed E-state index contributed by atoms with van der Waals surface area (Å²) in [4.78, 5) is 0. The Balaban J connectivity index is 0.00000121. The first-order valence-corrected chi connectivity index (χ1v) is 4.04. The smallest absolute Gasteiger partial charge is 0.0409 e. The molecule has 3 heteroatoms. The zero-order valence-corrected chi connectivity index (χ0v) is 8.75. The summed E-state index contributed by atoms with van der Waals surface area (Å²) in [5, 5.41) is 3.95. The van der Waals surface area contributed by atoms with Crippen molar-refractivity contribution in [1.82, 2.24) is 5.32 Å². The van der Waals surface area contributed by atoms with Crippen molar-refractivity contribution >= 4 is 24.0 Å². The van der Waals surface area contributed by atoms with Crippen molar-refractivity contribution in [3.8, 4) is 0 Å². The lowest BCUT2D eigenvalue weighted by atomic mass is 10.1. The second-order valence-corrected chi connectivity index (χ2v) is 3.00. The van der Waals surface area contributed by atoms with Gasteiger partial charge in [-0.2, -0.15) is 0 Å². The highest BCUT2D eigenvalue weighted by molar-refractivity contribution is 6.30. The quantitative estimate of drug-likeness (QED) is 0.784. The fraction of sp³-hybridized carbons (Fsp3) is 0.333. The van der Waals surface area contributed by atoms with E-state index in [1.54, 1.807) is 0 Å². The minimum atomic E-state index is 0. The molecule has 0 radical (unpaired) electrons. The first-order chi connectivity index (χ1) is 5.24. The third-order valence-corrected chi connectivity index (χ3v) is 2.02. The van der Waals surface area contributed by atoms with Crippen LogP contribution in [0.15, 0.2) is 24.3 Å². The van der Waals surface area contributed by atoms with Gasteiger partial charge in [0.05, 0.1) is 0 Å². The van der Waals surface area contributed by atoms with E-state index < -0.39 is 0 Å². The van der Waals surface area contributed by atoms with Crippen LogP contribution in [0.2, 0.25) is 5.02 Å². The first kappa shape index (κ1) is 11.8. The molecule has 1 aromatic carbocycles. The second kappa shape index (κ2) is 5.41. The van der Waals surface area contributed by atoms with Crippen molar-refractivity contribution in [3.05, 3.63) is 34.9 Å². The van der Waals surface area contributed by atoms with E-state index in [1.807, 2.05) is 25.2 Å². The third kappa shape index (κ3) is 3.02. The minimum Gasteiger partial charge on any atom is -0.313 e. The van der Waals surface area contributed by atoms with Gasteiger partial charge in [-0.25, -0.2) is 0 Å². The average molecular weight is 206 g/mol. The van der Waals surface area contributed by atoms with Crippen LogP contribution >= 0.6 is 24.0 Å². The Morgan fingerprint density at radius 1 is 1.42 bits per heavy atom. The Hall–Kier alpha value is -0.240. The standard InChI is InChI=1S/C9H12ClN.ClH/c1-7(11-2)8-4-3-5-9(10)6-8;/h3-7,11H,1-2H3;1H/t7-;/m1./s1. The molecule has 0 bridgehead atoms. The molecule has 0 amide bonds. The maximum Gasteiger partial charge on any atom is 0.0409 e. The molecule has 0 spiro atoms. The molecule has 1 rings (SSSR count). The van der Waals surface area contributed by atoms with Crippen molar-refractivity contribution in [2.45, 2.75) is 13.0 Å². The molecule has 1 atom stereocenters. The summed E-state index contributed by atoms with van der Waals surface area (Å²) in [6, 6.07) is 8.25. The number of hydrogen-bond acceptors (Lipinski definition) is 1. The number of hydrogen-bond donors (Lipinski definition) is 1. The topological polar surface area (TPSA) is 12.0 Å². The van der Waals surface area contributed by atoms with E-state index in [2.05, 4.69) is 18.3 Å². The van der Waals surface area contributed by atoms with Gasteiger partial charge in [0.25, 0.3) is 0 Å². The number of nitrogens with one attached hydrogen (secondary N) is 1. The number of rotatable bonds is 2. The Kier molecular flexibility index (Phi) is 5.31. The van der Waals surface area contributed by atoms with Crippen molar-refractivity contribution in [2.24, 2.45) is 0 Å². The van der Waals surface area contributed by atoms with Crippen LogP contribution in [-0.2, 0) is 0 Å². The van der Waals surface area contributed by atoms with Crippen LogP contribution in [0.4, 0.5) is 0 Å². The van der Waals surface area contributed by atoms with Crippen LogP contribution in [0, 0.1) is 0 Å². The molecule has 0 unspecified atom stereocenters. The van der Waals surface area contributed by atoms with Crippen molar-refractivity contribution in [3.63, 3.8) is 0 Å². The maximum atomic E-state index is 5.82. The van der Waals surface area contributed by atoms with E-state index in [9.17, 15) is 0 Å². The van der Waals surface area contributed by atoms with Gasteiger partial charge in [0.1, 0.15) is 0 Å². The molecule has 0 heterocycles. The molecule has 0 saturated carbocycles. The lowest BCUT2D eigenvalue weighted by Crippen LogP contribution is -2.11. The normalized spacial score (nSPS) is 11.9. The van der Waals surface area contributed by atoms with Crippen LogP contribution in [0.3, 0.4) is 0 Å². The van der Waals surface area contributed by atoms with Crippen molar-refractivity contribution in [2.75, 3.05) is 7.05 Å². The van der Waals surface area contributed by atoms with Crippen molar-refractivity contribution < 1.29 is 0 Å². The Labute approximate surface area is 84.5 Å². The lowest BCUT2D eigenvalue weighted by Gasteiger charge is -2.09. The fourth-order valence-electron chi connectivity index (χ4n) is 0.943. The SMILES string of the molecule is CN[C@H](C)c1cccc(Cl)c1.Cl. The van der Waals surface area contributed by atoms with Crippen molar-refractivity contribution in [1.29, 1.82) is 0 Å². The van der Waals surface area contributed by atoms with Gasteiger partial charge in [-0.1, -0.05) is 23.7 Å². The molecule has 1 nitrogen and oxygen atoms in total. The van der Waals surface area contributed by atoms with Crippen LogP contribution < -0.4 is 5.32 Å². The fourth-order valence-corrected chi connectivity index (χ4v) is 1.14. The highest BCUT2D eigenvalue weighted by Crippen LogP contribution is 2.16. The number of halogens is 2. The van der Waals surface area contributed by atoms with Gasteiger partial charge in [0.15, 0.2) is 0 Å². The van der Waals surface area contributed by atoms with Crippen LogP contribution in [0.5, 0.6) is 0 Å². The zero-order valence-electron chi connectivity index (χ0n) is 7.17. The highest BCUT2D eigenvalue weighted by Gasteiger charge is 2.00.